The number of amides is 3. The van der Waals surface area contributed by atoms with E-state index in [0.717, 1.165) is 5.56 Å². The summed E-state index contributed by atoms with van der Waals surface area (Å²) in [6.07, 6.45) is 1.57. The number of nitrogens with one attached hydrogen (secondary N) is 2. The van der Waals surface area contributed by atoms with E-state index in [0.29, 0.717) is 27.5 Å². The minimum Gasteiger partial charge on any atom is -0.323 e. The molecule has 1 heterocycles. The molecular weight excluding hydrogens is 414 g/mol. The van der Waals surface area contributed by atoms with E-state index in [-0.39, 0.29) is 18.3 Å². The third-order valence-corrected chi connectivity index (χ3v) is 4.80. The molecule has 3 rings (SSSR count). The first kappa shape index (κ1) is 21.8. The van der Waals surface area contributed by atoms with Gasteiger partial charge in [0, 0.05) is 25.5 Å². The van der Waals surface area contributed by atoms with Gasteiger partial charge in [0.15, 0.2) is 0 Å². The van der Waals surface area contributed by atoms with E-state index in [2.05, 4.69) is 15.6 Å². The average molecular weight is 434 g/mol. The Morgan fingerprint density at radius 2 is 1.90 bits per heavy atom. The van der Waals surface area contributed by atoms with E-state index in [1.165, 1.54) is 4.90 Å². The SMILES string of the molecule is Cc1ccnc(C(=O)Nc2c(Cl)cccc2CN(C)C(=O)Nc2cccc(C#N)c2)c1. The largest absolute Gasteiger partial charge is 0.323 e. The van der Waals surface area contributed by atoms with Gasteiger partial charge in [0.1, 0.15) is 5.69 Å². The molecule has 156 valence electrons. The van der Waals surface area contributed by atoms with Crippen LogP contribution in [-0.2, 0) is 6.54 Å². The highest BCUT2D eigenvalue weighted by molar-refractivity contribution is 6.34. The van der Waals surface area contributed by atoms with Gasteiger partial charge >= 0.3 is 6.03 Å². The highest BCUT2D eigenvalue weighted by Crippen LogP contribution is 2.27. The number of benzene rings is 2. The van der Waals surface area contributed by atoms with Gasteiger partial charge in [-0.1, -0.05) is 29.8 Å². The van der Waals surface area contributed by atoms with Crippen molar-refractivity contribution < 1.29 is 9.59 Å². The van der Waals surface area contributed by atoms with Crippen LogP contribution in [0.25, 0.3) is 0 Å². The second kappa shape index (κ2) is 9.74. The van der Waals surface area contributed by atoms with Crippen molar-refractivity contribution in [2.75, 3.05) is 17.7 Å². The van der Waals surface area contributed by atoms with Gasteiger partial charge in [0.05, 0.1) is 22.3 Å². The first-order valence-corrected chi connectivity index (χ1v) is 9.79. The average Bonchev–Trinajstić information content (AvgIpc) is 2.76. The van der Waals surface area contributed by atoms with E-state index in [4.69, 9.17) is 16.9 Å². The summed E-state index contributed by atoms with van der Waals surface area (Å²) in [6, 6.07) is 17.0. The van der Waals surface area contributed by atoms with E-state index in [1.54, 1.807) is 67.8 Å². The van der Waals surface area contributed by atoms with E-state index in [9.17, 15) is 9.59 Å². The predicted molar refractivity (Wildman–Crippen MR) is 120 cm³/mol. The summed E-state index contributed by atoms with van der Waals surface area (Å²) in [6.45, 7) is 2.07. The normalized spacial score (nSPS) is 10.1. The van der Waals surface area contributed by atoms with E-state index < -0.39 is 5.91 Å². The summed E-state index contributed by atoms with van der Waals surface area (Å²) >= 11 is 6.33. The molecule has 0 unspecified atom stereocenters. The van der Waals surface area contributed by atoms with Crippen LogP contribution in [-0.4, -0.2) is 28.9 Å². The number of carbonyl (C=O) groups is 2. The Bertz CT molecular complexity index is 1170. The monoisotopic (exact) mass is 433 g/mol. The Morgan fingerprint density at radius 3 is 2.65 bits per heavy atom. The molecule has 31 heavy (non-hydrogen) atoms. The van der Waals surface area contributed by atoms with Gasteiger partial charge in [0.25, 0.3) is 5.91 Å². The zero-order valence-corrected chi connectivity index (χ0v) is 17.8. The van der Waals surface area contributed by atoms with Crippen molar-refractivity contribution in [2.45, 2.75) is 13.5 Å². The summed E-state index contributed by atoms with van der Waals surface area (Å²) in [4.78, 5) is 30.8. The molecule has 1 aromatic heterocycles. The molecule has 0 aliphatic carbocycles. The lowest BCUT2D eigenvalue weighted by Crippen LogP contribution is -2.31. The topological polar surface area (TPSA) is 98.1 Å². The summed E-state index contributed by atoms with van der Waals surface area (Å²) in [7, 11) is 1.62. The maximum Gasteiger partial charge on any atom is 0.321 e. The number of aryl methyl sites for hydroxylation is 1. The summed E-state index contributed by atoms with van der Waals surface area (Å²) < 4.78 is 0. The van der Waals surface area contributed by atoms with Crippen LogP contribution in [0, 0.1) is 18.3 Å². The number of rotatable bonds is 5. The van der Waals surface area contributed by atoms with Gasteiger partial charge in [-0.3, -0.25) is 9.78 Å². The van der Waals surface area contributed by atoms with Gasteiger partial charge < -0.3 is 15.5 Å². The van der Waals surface area contributed by atoms with Crippen molar-refractivity contribution in [3.05, 3.63) is 88.2 Å². The Hall–Kier alpha value is -3.89. The van der Waals surface area contributed by atoms with Crippen molar-refractivity contribution in [1.82, 2.24) is 9.88 Å². The predicted octanol–water partition coefficient (Wildman–Crippen LogP) is 4.83. The number of anilines is 2. The third-order valence-electron chi connectivity index (χ3n) is 4.48. The van der Waals surface area contributed by atoms with Gasteiger partial charge in [-0.25, -0.2) is 4.79 Å². The number of halogens is 1. The van der Waals surface area contributed by atoms with Crippen LogP contribution in [0.5, 0.6) is 0 Å². The molecule has 2 N–H and O–H groups in total. The lowest BCUT2D eigenvalue weighted by molar-refractivity contribution is 0.102. The molecule has 8 heteroatoms. The summed E-state index contributed by atoms with van der Waals surface area (Å²) in [5.41, 5.74) is 3.23. The minimum atomic E-state index is -0.390. The van der Waals surface area contributed by atoms with Gasteiger partial charge in [-0.05, 0) is 54.4 Å². The number of para-hydroxylation sites is 1. The molecule has 0 radical (unpaired) electrons. The van der Waals surface area contributed by atoms with E-state index >= 15 is 0 Å². The number of urea groups is 1. The Morgan fingerprint density at radius 1 is 1.13 bits per heavy atom. The van der Waals surface area contributed by atoms with Gasteiger partial charge in [-0.15, -0.1) is 0 Å². The number of pyridine rings is 1. The van der Waals surface area contributed by atoms with Crippen molar-refractivity contribution in [2.24, 2.45) is 0 Å². The molecule has 7 nitrogen and oxygen atoms in total. The fraction of sp³-hybridized carbons (Fsp3) is 0.130. The molecule has 0 aliphatic rings. The van der Waals surface area contributed by atoms with Crippen molar-refractivity contribution in [3.8, 4) is 6.07 Å². The van der Waals surface area contributed by atoms with Crippen LogP contribution in [0.1, 0.15) is 27.2 Å². The second-order valence-electron chi connectivity index (χ2n) is 6.93. The van der Waals surface area contributed by atoms with Crippen molar-refractivity contribution in [3.63, 3.8) is 0 Å². The number of nitrogens with zero attached hydrogens (tertiary/aromatic N) is 3. The molecule has 0 saturated heterocycles. The maximum atomic E-state index is 12.6. The zero-order valence-electron chi connectivity index (χ0n) is 17.0. The number of aromatic nitrogens is 1. The number of carbonyl (C=O) groups excluding carboxylic acids is 2. The van der Waals surface area contributed by atoms with Crippen LogP contribution in [0.4, 0.5) is 16.2 Å². The standard InChI is InChI=1S/C23H20ClN5O2/c1-15-9-10-26-20(11-15)22(30)28-21-17(6-4-8-19(21)24)14-29(2)23(31)27-18-7-3-5-16(12-18)13-25/h3-12H,14H2,1-2H3,(H,27,31)(H,28,30). The quantitative estimate of drug-likeness (QED) is 0.602. The second-order valence-corrected chi connectivity index (χ2v) is 7.33. The van der Waals surface area contributed by atoms with Gasteiger partial charge in [0.2, 0.25) is 0 Å². The van der Waals surface area contributed by atoms with Crippen LogP contribution >= 0.6 is 11.6 Å². The van der Waals surface area contributed by atoms with Gasteiger partial charge in [-0.2, -0.15) is 5.26 Å². The Labute approximate surface area is 185 Å². The molecule has 0 bridgehead atoms. The zero-order chi connectivity index (χ0) is 22.4. The van der Waals surface area contributed by atoms with E-state index in [1.807, 2.05) is 13.0 Å². The van der Waals surface area contributed by atoms with Crippen LogP contribution in [0.2, 0.25) is 5.02 Å². The molecule has 3 aromatic rings. The van der Waals surface area contributed by atoms with Crippen molar-refractivity contribution in [1.29, 1.82) is 5.26 Å². The first-order chi connectivity index (χ1) is 14.9. The minimum absolute atomic E-state index is 0.196. The molecule has 0 saturated carbocycles. The molecule has 0 atom stereocenters. The summed E-state index contributed by atoms with van der Waals surface area (Å²) in [5, 5.41) is 14.9. The molecule has 0 aliphatic heterocycles. The van der Waals surface area contributed by atoms with Crippen LogP contribution in [0.3, 0.4) is 0 Å². The number of hydrogen-bond donors (Lipinski definition) is 2. The number of nitriles is 1. The third kappa shape index (κ3) is 5.59. The molecular formula is C23H20ClN5O2. The molecule has 0 spiro atoms. The first-order valence-electron chi connectivity index (χ1n) is 9.41. The highest BCUT2D eigenvalue weighted by Gasteiger charge is 2.17. The van der Waals surface area contributed by atoms with Crippen LogP contribution < -0.4 is 10.6 Å². The smallest absolute Gasteiger partial charge is 0.321 e. The molecule has 2 aromatic carbocycles. The highest BCUT2D eigenvalue weighted by atomic mass is 35.5. The lowest BCUT2D eigenvalue weighted by atomic mass is 10.1. The Kier molecular flexibility index (Phi) is 6.85. The van der Waals surface area contributed by atoms with Crippen molar-refractivity contribution >= 4 is 34.9 Å². The summed E-state index contributed by atoms with van der Waals surface area (Å²) in [5.74, 6) is -0.390. The fourth-order valence-electron chi connectivity index (χ4n) is 2.89. The fourth-order valence-corrected chi connectivity index (χ4v) is 3.13. The molecule has 0 fully saturated rings. The van der Waals surface area contributed by atoms with Crippen LogP contribution in [0.15, 0.2) is 60.8 Å². The Balaban J connectivity index is 1.75. The lowest BCUT2D eigenvalue weighted by Gasteiger charge is -2.21. The molecule has 3 amide bonds. The maximum absolute atomic E-state index is 12.6. The number of hydrogen-bond acceptors (Lipinski definition) is 4.